The maximum absolute atomic E-state index is 8.99. The second kappa shape index (κ2) is 6.09. The van der Waals surface area contributed by atoms with Crippen LogP contribution in [0, 0.1) is 22.7 Å². The minimum Gasteiger partial charge on any atom is -0.378 e. The molecular formula is C15H19N3O2. The Morgan fingerprint density at radius 3 is 2.45 bits per heavy atom. The molecule has 20 heavy (non-hydrogen) atoms. The van der Waals surface area contributed by atoms with Crippen molar-refractivity contribution in [3.05, 3.63) is 22.9 Å². The lowest BCUT2D eigenvalue weighted by molar-refractivity contribution is -0.0113. The Morgan fingerprint density at radius 2 is 1.85 bits per heavy atom. The molecule has 0 saturated carbocycles. The third-order valence-electron chi connectivity index (χ3n) is 3.68. The number of nitrogens with zero attached hydrogens (tertiary/aromatic N) is 3. The van der Waals surface area contributed by atoms with Crippen molar-refractivity contribution < 1.29 is 9.47 Å². The molecule has 0 radical (unpaired) electrons. The minimum atomic E-state index is -0.481. The molecule has 0 aromatic rings. The van der Waals surface area contributed by atoms with Crippen LogP contribution in [0.1, 0.15) is 20.3 Å². The van der Waals surface area contributed by atoms with E-state index in [1.807, 2.05) is 26.0 Å². The molecule has 0 amide bonds. The van der Waals surface area contributed by atoms with Crippen molar-refractivity contribution >= 4 is 0 Å². The molecular weight excluding hydrogens is 254 g/mol. The van der Waals surface area contributed by atoms with Crippen LogP contribution in [0.15, 0.2) is 22.9 Å². The van der Waals surface area contributed by atoms with Gasteiger partial charge in [0.15, 0.2) is 0 Å². The first-order valence-corrected chi connectivity index (χ1v) is 6.80. The molecule has 2 heterocycles. The Balaban J connectivity index is 2.44. The summed E-state index contributed by atoms with van der Waals surface area (Å²) in [5.41, 5.74) is 1.74. The van der Waals surface area contributed by atoms with Gasteiger partial charge in [-0.25, -0.2) is 0 Å². The summed E-state index contributed by atoms with van der Waals surface area (Å²) in [6.45, 7) is 7.73. The first-order chi connectivity index (χ1) is 9.58. The van der Waals surface area contributed by atoms with E-state index in [4.69, 9.17) is 20.0 Å². The quantitative estimate of drug-likeness (QED) is 0.717. The van der Waals surface area contributed by atoms with E-state index in [2.05, 4.69) is 4.90 Å². The van der Waals surface area contributed by atoms with E-state index in [1.54, 1.807) is 6.08 Å². The van der Waals surface area contributed by atoms with Gasteiger partial charge >= 0.3 is 0 Å². The molecule has 0 atom stereocenters. The van der Waals surface area contributed by atoms with Crippen LogP contribution < -0.4 is 0 Å². The number of rotatable bonds is 2. The summed E-state index contributed by atoms with van der Waals surface area (Å²) in [6.07, 6.45) is 2.48. The smallest absolute Gasteiger partial charge is 0.130 e. The van der Waals surface area contributed by atoms with Crippen molar-refractivity contribution in [3.8, 4) is 12.1 Å². The van der Waals surface area contributed by atoms with Gasteiger partial charge in [-0.3, -0.25) is 0 Å². The minimum absolute atomic E-state index is 0.115. The van der Waals surface area contributed by atoms with Crippen molar-refractivity contribution in [2.24, 2.45) is 0 Å². The average molecular weight is 273 g/mol. The lowest BCUT2D eigenvalue weighted by atomic mass is 9.90. The van der Waals surface area contributed by atoms with Crippen LogP contribution in [0.5, 0.6) is 0 Å². The van der Waals surface area contributed by atoms with Gasteiger partial charge in [0.2, 0.25) is 0 Å². The predicted molar refractivity (Wildman–Crippen MR) is 73.4 cm³/mol. The molecule has 5 heteroatoms. The second-order valence-electron chi connectivity index (χ2n) is 5.35. The third-order valence-corrected chi connectivity index (χ3v) is 3.68. The molecule has 1 saturated heterocycles. The van der Waals surface area contributed by atoms with Gasteiger partial charge in [0, 0.05) is 30.8 Å². The summed E-state index contributed by atoms with van der Waals surface area (Å²) < 4.78 is 11.2. The highest BCUT2D eigenvalue weighted by atomic mass is 16.5. The lowest BCUT2D eigenvalue weighted by Gasteiger charge is -2.40. The van der Waals surface area contributed by atoms with Crippen molar-refractivity contribution in [2.45, 2.75) is 25.9 Å². The van der Waals surface area contributed by atoms with Crippen LogP contribution >= 0.6 is 0 Å². The molecule has 5 nitrogen and oxygen atoms in total. The van der Waals surface area contributed by atoms with Crippen LogP contribution in [0.25, 0.3) is 0 Å². The normalized spacial score (nSPS) is 21.9. The molecule has 0 aromatic heterocycles. The van der Waals surface area contributed by atoms with Gasteiger partial charge in [-0.2, -0.15) is 10.5 Å². The number of hydrogen-bond acceptors (Lipinski definition) is 5. The van der Waals surface area contributed by atoms with Crippen LogP contribution in [-0.2, 0) is 9.47 Å². The van der Waals surface area contributed by atoms with E-state index >= 15 is 0 Å². The zero-order valence-electron chi connectivity index (χ0n) is 12.0. The van der Waals surface area contributed by atoms with Crippen LogP contribution in [0.2, 0.25) is 0 Å². The van der Waals surface area contributed by atoms with Gasteiger partial charge in [-0.05, 0) is 19.9 Å². The summed E-state index contributed by atoms with van der Waals surface area (Å²) in [5, 5.41) is 18.0. The largest absolute Gasteiger partial charge is 0.378 e. The predicted octanol–water partition coefficient (Wildman–Crippen LogP) is 1.75. The topological polar surface area (TPSA) is 69.3 Å². The Morgan fingerprint density at radius 1 is 1.20 bits per heavy atom. The van der Waals surface area contributed by atoms with E-state index < -0.39 is 5.60 Å². The van der Waals surface area contributed by atoms with Gasteiger partial charge in [-0.15, -0.1) is 0 Å². The number of morpholine rings is 1. The monoisotopic (exact) mass is 273 g/mol. The third kappa shape index (κ3) is 3.01. The standard InChI is InChI=1S/C15H19N3O2/c1-15(2)13(9-12(10-16)11-17)14(3-6-20-15)18-4-7-19-8-5-18/h9H,3-8H2,1-2H3. The van der Waals surface area contributed by atoms with E-state index in [0.717, 1.165) is 25.1 Å². The fourth-order valence-corrected chi connectivity index (χ4v) is 2.62. The molecule has 106 valence electrons. The molecule has 1 fully saturated rings. The zero-order valence-corrected chi connectivity index (χ0v) is 12.0. The molecule has 0 N–H and O–H groups in total. The SMILES string of the molecule is CC1(C)OCCC(N2CCOCC2)=C1C=C(C#N)C#N. The highest BCUT2D eigenvalue weighted by Crippen LogP contribution is 2.34. The maximum atomic E-state index is 8.99. The highest BCUT2D eigenvalue weighted by molar-refractivity contribution is 5.46. The van der Waals surface area contributed by atoms with Crippen molar-refractivity contribution in [1.82, 2.24) is 4.90 Å². The van der Waals surface area contributed by atoms with Gasteiger partial charge in [0.25, 0.3) is 0 Å². The molecule has 0 spiro atoms. The Kier molecular flexibility index (Phi) is 4.44. The first kappa shape index (κ1) is 14.6. The van der Waals surface area contributed by atoms with Gasteiger partial charge in [-0.1, -0.05) is 0 Å². The van der Waals surface area contributed by atoms with E-state index in [1.165, 1.54) is 5.70 Å². The number of hydrogen-bond donors (Lipinski definition) is 0. The fraction of sp³-hybridized carbons (Fsp3) is 0.600. The average Bonchev–Trinajstić information content (AvgIpc) is 2.46. The summed E-state index contributed by atoms with van der Waals surface area (Å²) in [7, 11) is 0. The van der Waals surface area contributed by atoms with Crippen LogP contribution in [0.4, 0.5) is 0 Å². The van der Waals surface area contributed by atoms with Gasteiger partial charge in [0.05, 0.1) is 25.4 Å². The summed E-state index contributed by atoms with van der Waals surface area (Å²) >= 11 is 0. The maximum Gasteiger partial charge on any atom is 0.130 e. The van der Waals surface area contributed by atoms with Crippen molar-refractivity contribution in [2.75, 3.05) is 32.9 Å². The van der Waals surface area contributed by atoms with Crippen LogP contribution in [0.3, 0.4) is 0 Å². The molecule has 0 aliphatic carbocycles. The van der Waals surface area contributed by atoms with Gasteiger partial charge < -0.3 is 14.4 Å². The fourth-order valence-electron chi connectivity index (χ4n) is 2.62. The molecule has 0 unspecified atom stereocenters. The van der Waals surface area contributed by atoms with E-state index in [9.17, 15) is 0 Å². The van der Waals surface area contributed by atoms with Crippen molar-refractivity contribution in [1.29, 1.82) is 10.5 Å². The number of nitriles is 2. The van der Waals surface area contributed by atoms with Crippen LogP contribution in [-0.4, -0.2) is 43.4 Å². The lowest BCUT2D eigenvalue weighted by Crippen LogP contribution is -2.42. The molecule has 2 aliphatic rings. The molecule has 0 bridgehead atoms. The molecule has 2 aliphatic heterocycles. The summed E-state index contributed by atoms with van der Waals surface area (Å²) in [4.78, 5) is 2.28. The number of ether oxygens (including phenoxy) is 2. The molecule has 2 rings (SSSR count). The van der Waals surface area contributed by atoms with E-state index in [-0.39, 0.29) is 5.57 Å². The Bertz CT molecular complexity index is 498. The second-order valence-corrected chi connectivity index (χ2v) is 5.35. The molecule has 0 aromatic carbocycles. The number of allylic oxidation sites excluding steroid dienone is 1. The van der Waals surface area contributed by atoms with Gasteiger partial charge in [0.1, 0.15) is 17.7 Å². The Labute approximate surface area is 119 Å². The summed E-state index contributed by atoms with van der Waals surface area (Å²) in [5.74, 6) is 0. The Hall–Kier alpha value is -1.82. The summed E-state index contributed by atoms with van der Waals surface area (Å²) in [6, 6.07) is 3.85. The van der Waals surface area contributed by atoms with Crippen molar-refractivity contribution in [3.63, 3.8) is 0 Å². The first-order valence-electron chi connectivity index (χ1n) is 6.80. The highest BCUT2D eigenvalue weighted by Gasteiger charge is 2.32. The zero-order chi connectivity index (χ0) is 14.6. The van der Waals surface area contributed by atoms with E-state index in [0.29, 0.717) is 19.8 Å².